The Morgan fingerprint density at radius 1 is 1.67 bits per heavy atom. The molecule has 0 radical (unpaired) electrons. The van der Waals surface area contributed by atoms with Gasteiger partial charge in [0.05, 0.1) is 12.7 Å². The maximum atomic E-state index is 3.78. The molecule has 1 aromatic heterocycles. The number of hydrogen-bond acceptors (Lipinski definition) is 3. The highest BCUT2D eigenvalue weighted by Gasteiger charge is 1.86. The van der Waals surface area contributed by atoms with E-state index < -0.39 is 0 Å². The summed E-state index contributed by atoms with van der Waals surface area (Å²) in [5.41, 5.74) is 0. The van der Waals surface area contributed by atoms with E-state index in [9.17, 15) is 0 Å². The van der Waals surface area contributed by atoms with Gasteiger partial charge in [-0.2, -0.15) is 0 Å². The lowest BCUT2D eigenvalue weighted by Crippen LogP contribution is -2.10. The van der Waals surface area contributed by atoms with Crippen LogP contribution in [0.1, 0.15) is 0 Å². The number of halogens is 1. The third-order valence-electron chi connectivity index (χ3n) is 0.907. The zero-order chi connectivity index (χ0) is 6.53. The highest BCUT2D eigenvalue weighted by Crippen LogP contribution is 1.79. The van der Waals surface area contributed by atoms with Gasteiger partial charge in [0.2, 0.25) is 0 Å². The molecule has 0 aliphatic rings. The van der Waals surface area contributed by atoms with Crippen LogP contribution < -0.4 is 3.53 Å². The molecule has 0 spiro atoms. The van der Waals surface area contributed by atoms with Crippen LogP contribution in [0, 0.1) is 0 Å². The van der Waals surface area contributed by atoms with Gasteiger partial charge < -0.3 is 0 Å². The van der Waals surface area contributed by atoms with Crippen molar-refractivity contribution in [3.8, 4) is 0 Å². The lowest BCUT2D eigenvalue weighted by atomic mass is 10.6. The minimum atomic E-state index is 0.878. The minimum Gasteiger partial charge on any atom is -0.259 e. The number of hydrogen-bond donors (Lipinski definition) is 1. The monoisotopic (exact) mass is 238 g/mol. The summed E-state index contributed by atoms with van der Waals surface area (Å²) in [5.74, 6) is 0. The molecule has 0 aromatic carbocycles. The van der Waals surface area contributed by atoms with Crippen molar-refractivity contribution in [1.29, 1.82) is 0 Å². The first-order valence-electron chi connectivity index (χ1n) is 2.61. The molecule has 0 atom stereocenters. The zero-order valence-corrected chi connectivity index (χ0v) is 6.95. The minimum absolute atomic E-state index is 0.878. The molecule has 1 heterocycles. The van der Waals surface area contributed by atoms with Crippen molar-refractivity contribution >= 4 is 22.9 Å². The molecule has 4 nitrogen and oxygen atoms in total. The first-order chi connectivity index (χ1) is 4.43. The highest BCUT2D eigenvalue weighted by atomic mass is 127. The normalized spacial score (nSPS) is 9.89. The first-order valence-corrected chi connectivity index (χ1v) is 3.69. The van der Waals surface area contributed by atoms with Crippen LogP contribution in [0.3, 0.4) is 0 Å². The Bertz CT molecular complexity index is 150. The fraction of sp³-hybridized carbons (Fsp3) is 0.500. The molecule has 0 amide bonds. The molecule has 1 N–H and O–H groups in total. The Kier molecular flexibility index (Phi) is 2.92. The van der Waals surface area contributed by atoms with E-state index in [2.05, 4.69) is 36.7 Å². The van der Waals surface area contributed by atoms with Crippen LogP contribution in [-0.2, 0) is 6.54 Å². The van der Waals surface area contributed by atoms with Crippen molar-refractivity contribution in [2.75, 3.05) is 6.54 Å². The van der Waals surface area contributed by atoms with E-state index in [1.807, 2.05) is 6.20 Å². The van der Waals surface area contributed by atoms with E-state index in [1.165, 1.54) is 0 Å². The van der Waals surface area contributed by atoms with E-state index in [1.54, 1.807) is 10.9 Å². The Labute approximate surface area is 67.1 Å². The number of nitrogens with one attached hydrogen (secondary N) is 1. The molecule has 1 rings (SSSR count). The van der Waals surface area contributed by atoms with Crippen molar-refractivity contribution in [3.05, 3.63) is 12.4 Å². The topological polar surface area (TPSA) is 42.7 Å². The molecule has 0 bridgehead atoms. The third kappa shape index (κ3) is 2.27. The second-order valence-electron chi connectivity index (χ2n) is 1.55. The van der Waals surface area contributed by atoms with Gasteiger partial charge in [-0.1, -0.05) is 5.21 Å². The summed E-state index contributed by atoms with van der Waals surface area (Å²) in [6.45, 7) is 1.80. The van der Waals surface area contributed by atoms with Gasteiger partial charge >= 0.3 is 0 Å². The first kappa shape index (κ1) is 6.94. The highest BCUT2D eigenvalue weighted by molar-refractivity contribution is 14.1. The molecule has 1 aromatic rings. The van der Waals surface area contributed by atoms with E-state index in [0.29, 0.717) is 0 Å². The third-order valence-corrected chi connectivity index (χ3v) is 1.45. The second-order valence-corrected chi connectivity index (χ2v) is 2.31. The summed E-state index contributed by atoms with van der Waals surface area (Å²) in [6, 6.07) is 0. The van der Waals surface area contributed by atoms with Gasteiger partial charge in [0, 0.05) is 35.6 Å². The van der Waals surface area contributed by atoms with Crippen molar-refractivity contribution in [1.82, 2.24) is 18.5 Å². The average Bonchev–Trinajstić information content (AvgIpc) is 2.34. The lowest BCUT2D eigenvalue weighted by Gasteiger charge is -1.94. The maximum absolute atomic E-state index is 3.78. The molecule has 0 saturated carbocycles. The van der Waals surface area contributed by atoms with E-state index in [-0.39, 0.29) is 0 Å². The van der Waals surface area contributed by atoms with Crippen LogP contribution in [0.4, 0.5) is 0 Å². The van der Waals surface area contributed by atoms with Gasteiger partial charge in [0.1, 0.15) is 0 Å². The summed E-state index contributed by atoms with van der Waals surface area (Å²) in [7, 11) is 0. The Balaban J connectivity index is 2.30. The lowest BCUT2D eigenvalue weighted by molar-refractivity contribution is 0.591. The summed E-state index contributed by atoms with van der Waals surface area (Å²) < 4.78 is 4.77. The number of aromatic nitrogens is 3. The summed E-state index contributed by atoms with van der Waals surface area (Å²) in [4.78, 5) is 0. The van der Waals surface area contributed by atoms with Crippen molar-refractivity contribution in [3.63, 3.8) is 0 Å². The molecular formula is C4H7IN4. The van der Waals surface area contributed by atoms with Crippen molar-refractivity contribution in [2.24, 2.45) is 0 Å². The van der Waals surface area contributed by atoms with Crippen LogP contribution in [0.5, 0.6) is 0 Å². The fourth-order valence-corrected chi connectivity index (χ4v) is 0.750. The predicted octanol–water partition coefficient (Wildman–Crippen LogP) is 0.218. The van der Waals surface area contributed by atoms with E-state index >= 15 is 0 Å². The molecule has 0 aliphatic heterocycles. The Morgan fingerprint density at radius 3 is 3.11 bits per heavy atom. The molecule has 5 heteroatoms. The molecular weight excluding hydrogens is 231 g/mol. The molecule has 0 aliphatic carbocycles. The van der Waals surface area contributed by atoms with E-state index in [4.69, 9.17) is 0 Å². The zero-order valence-electron chi connectivity index (χ0n) is 4.79. The summed E-state index contributed by atoms with van der Waals surface area (Å²) in [5, 5.41) is 7.43. The van der Waals surface area contributed by atoms with E-state index in [0.717, 1.165) is 13.1 Å². The second kappa shape index (κ2) is 3.78. The standard InChI is InChI=1S/C4H7IN4/c5-6-1-3-9-4-2-7-8-9/h2,4,6H,1,3H2. The SMILES string of the molecule is INCCn1ccnn1. The largest absolute Gasteiger partial charge is 0.259 e. The van der Waals surface area contributed by atoms with Gasteiger partial charge in [-0.3, -0.25) is 8.21 Å². The van der Waals surface area contributed by atoms with Crippen LogP contribution in [0.2, 0.25) is 0 Å². The summed E-state index contributed by atoms with van der Waals surface area (Å²) in [6.07, 6.45) is 3.52. The van der Waals surface area contributed by atoms with Gasteiger partial charge in [0.25, 0.3) is 0 Å². The predicted molar refractivity (Wildman–Crippen MR) is 42.0 cm³/mol. The van der Waals surface area contributed by atoms with Crippen LogP contribution >= 0.6 is 22.9 Å². The average molecular weight is 238 g/mol. The van der Waals surface area contributed by atoms with Crippen LogP contribution in [-0.4, -0.2) is 21.5 Å². The van der Waals surface area contributed by atoms with Crippen LogP contribution in [0.15, 0.2) is 12.4 Å². The molecule has 9 heavy (non-hydrogen) atoms. The quantitative estimate of drug-likeness (QED) is 0.605. The smallest absolute Gasteiger partial charge is 0.0692 e. The fourth-order valence-electron chi connectivity index (χ4n) is 0.509. The van der Waals surface area contributed by atoms with Gasteiger partial charge in [-0.25, -0.2) is 0 Å². The summed E-state index contributed by atoms with van der Waals surface area (Å²) >= 11 is 2.10. The number of nitrogens with zero attached hydrogens (tertiary/aromatic N) is 3. The molecule has 0 fully saturated rings. The molecule has 0 unspecified atom stereocenters. The maximum Gasteiger partial charge on any atom is 0.0692 e. The van der Waals surface area contributed by atoms with Crippen molar-refractivity contribution < 1.29 is 0 Å². The number of rotatable bonds is 3. The van der Waals surface area contributed by atoms with Gasteiger partial charge in [-0.05, 0) is 0 Å². The van der Waals surface area contributed by atoms with Crippen LogP contribution in [0.25, 0.3) is 0 Å². The van der Waals surface area contributed by atoms with Crippen molar-refractivity contribution in [2.45, 2.75) is 6.54 Å². The Morgan fingerprint density at radius 2 is 2.56 bits per heavy atom. The molecule has 50 valence electrons. The van der Waals surface area contributed by atoms with Gasteiger partial charge in [-0.15, -0.1) is 5.10 Å². The molecule has 0 saturated heterocycles. The van der Waals surface area contributed by atoms with Gasteiger partial charge in [0.15, 0.2) is 0 Å². The Hall–Kier alpha value is -0.170.